The van der Waals surface area contributed by atoms with Crippen LogP contribution in [0.1, 0.15) is 25.0 Å². The Morgan fingerprint density at radius 3 is 1.49 bits per heavy atom. The van der Waals surface area contributed by atoms with Gasteiger partial charge in [-0.2, -0.15) is 65.5 Å². The summed E-state index contributed by atoms with van der Waals surface area (Å²) in [5.74, 6) is -33.8. The van der Waals surface area contributed by atoms with Crippen molar-refractivity contribution >= 4 is 34.1 Å². The maximum absolute atomic E-state index is 13.9. The molecule has 0 radical (unpaired) electrons. The smallest absolute Gasteiger partial charge is 0.378 e. The van der Waals surface area contributed by atoms with Crippen LogP contribution in [-0.2, 0) is 15.7 Å². The molecule has 0 fully saturated rings. The minimum absolute atomic E-state index is 0. The van der Waals surface area contributed by atoms with Gasteiger partial charge in [-0.05, 0) is 44.0 Å². The van der Waals surface area contributed by atoms with Crippen LogP contribution < -0.4 is 9.92 Å². The molecule has 1 aromatic carbocycles. The third-order valence-electron chi connectivity index (χ3n) is 4.32. The molecule has 1 rings (SSSR count). The molecule has 1 aromatic rings. The van der Waals surface area contributed by atoms with Crippen molar-refractivity contribution < 1.29 is 69.7 Å². The van der Waals surface area contributed by atoms with Gasteiger partial charge in [0, 0.05) is 5.54 Å². The molecule has 0 aromatic heterocycles. The fraction of sp³-hybridized carbons (Fsp3) is 0.625. The van der Waals surface area contributed by atoms with Gasteiger partial charge in [0.15, 0.2) is 0 Å². The molecule has 0 unspecified atom stereocenters. The van der Waals surface area contributed by atoms with Gasteiger partial charge in [0.25, 0.3) is 0 Å². The van der Waals surface area contributed by atoms with Crippen LogP contribution in [-0.4, -0.2) is 43.5 Å². The Kier molecular flexibility index (Phi) is 8.92. The van der Waals surface area contributed by atoms with Crippen LogP contribution in [0.25, 0.3) is 0 Å². The first-order valence-corrected chi connectivity index (χ1v) is 9.80. The Labute approximate surface area is 206 Å². The first-order valence-electron chi connectivity index (χ1n) is 8.39. The molecule has 19 heteroatoms. The van der Waals surface area contributed by atoms with Crippen LogP contribution >= 0.6 is 24.0 Å². The molecule has 4 nitrogen and oxygen atoms in total. The summed E-state index contributed by atoms with van der Waals surface area (Å²) in [7, 11) is -7.41. The summed E-state index contributed by atoms with van der Waals surface area (Å²) >= 11 is 0. The van der Waals surface area contributed by atoms with E-state index in [1.165, 1.54) is 20.8 Å². The van der Waals surface area contributed by atoms with Crippen LogP contribution in [0.3, 0.4) is 0 Å². The van der Waals surface area contributed by atoms with Crippen molar-refractivity contribution in [1.82, 2.24) is 0 Å². The number of aryl methyl sites for hydroxylation is 1. The summed E-state index contributed by atoms with van der Waals surface area (Å²) in [5.41, 5.74) is 4.81. The molecule has 0 heterocycles. The number of rotatable bonds is 8. The number of hydrogen-bond acceptors (Lipinski definition) is 4. The average Bonchev–Trinajstić information content (AvgIpc) is 2.58. The quantitative estimate of drug-likeness (QED) is 0.202. The summed E-state index contributed by atoms with van der Waals surface area (Å²) in [6.45, 7) is 4.02. The topological polar surface area (TPSA) is 69.4 Å². The van der Waals surface area contributed by atoms with E-state index < -0.39 is 56.5 Å². The molecule has 0 saturated heterocycles. The van der Waals surface area contributed by atoms with Crippen LogP contribution in [0.5, 0.6) is 5.75 Å². The maximum Gasteiger partial charge on any atom is 0.460 e. The van der Waals surface area contributed by atoms with E-state index in [1.54, 1.807) is 0 Å². The molecule has 206 valence electrons. The molecule has 0 spiro atoms. The standard InChI is InChI=1S/C16H14F13NO3S.HI/c1-7-6-8(4-5-9(7)10(2,3)30)33-34(31,32)16(28,29)14(23,24)12(19,20)11(17,18)13(21,22)15(25,26)27;/h4-6H,30H2,1-3H3;1H. The van der Waals surface area contributed by atoms with Gasteiger partial charge in [0.1, 0.15) is 5.75 Å². The first-order chi connectivity index (χ1) is 14.6. The third kappa shape index (κ3) is 5.26. The summed E-state index contributed by atoms with van der Waals surface area (Å²) in [5, 5.41) is -7.44. The summed E-state index contributed by atoms with van der Waals surface area (Å²) < 4.78 is 198. The Morgan fingerprint density at radius 2 is 1.14 bits per heavy atom. The monoisotopic (exact) mass is 675 g/mol. The van der Waals surface area contributed by atoms with E-state index in [0.29, 0.717) is 12.1 Å². The fourth-order valence-electron chi connectivity index (χ4n) is 2.50. The van der Waals surface area contributed by atoms with E-state index in [1.807, 2.05) is 0 Å². The van der Waals surface area contributed by atoms with Crippen molar-refractivity contribution in [3.05, 3.63) is 29.3 Å². The second kappa shape index (κ2) is 9.25. The zero-order valence-corrected chi connectivity index (χ0v) is 20.4. The van der Waals surface area contributed by atoms with Crippen molar-refractivity contribution in [2.24, 2.45) is 5.73 Å². The van der Waals surface area contributed by atoms with Crippen LogP contribution in [0.15, 0.2) is 18.2 Å². The summed E-state index contributed by atoms with van der Waals surface area (Å²) in [6.07, 6.45) is -7.61. The van der Waals surface area contributed by atoms with Gasteiger partial charge in [-0.1, -0.05) is 6.07 Å². The van der Waals surface area contributed by atoms with E-state index in [2.05, 4.69) is 4.18 Å². The van der Waals surface area contributed by atoms with Gasteiger partial charge in [0.05, 0.1) is 0 Å². The van der Waals surface area contributed by atoms with Gasteiger partial charge in [-0.15, -0.1) is 24.0 Å². The minimum Gasteiger partial charge on any atom is -0.378 e. The zero-order chi connectivity index (χ0) is 27.6. The molecule has 35 heavy (non-hydrogen) atoms. The highest BCUT2D eigenvalue weighted by Crippen LogP contribution is 2.61. The molecule has 0 aliphatic heterocycles. The Morgan fingerprint density at radius 1 is 0.743 bits per heavy atom. The van der Waals surface area contributed by atoms with Crippen LogP contribution in [0.2, 0.25) is 0 Å². The average molecular weight is 675 g/mol. The molecule has 2 N–H and O–H groups in total. The molecule has 0 atom stereocenters. The largest absolute Gasteiger partial charge is 0.460 e. The van der Waals surface area contributed by atoms with Crippen molar-refractivity contribution in [3.63, 3.8) is 0 Å². The van der Waals surface area contributed by atoms with Crippen LogP contribution in [0, 0.1) is 6.92 Å². The number of nitrogens with two attached hydrogens (primary N) is 1. The molecular weight excluding hydrogens is 660 g/mol. The highest BCUT2D eigenvalue weighted by Gasteiger charge is 2.93. The number of halogens is 14. The Hall–Kier alpha value is -1.25. The molecular formula is C16H15F13INO3S. The lowest BCUT2D eigenvalue weighted by Crippen LogP contribution is -2.71. The second-order valence-electron chi connectivity index (χ2n) is 7.55. The van der Waals surface area contributed by atoms with Crippen molar-refractivity contribution in [1.29, 1.82) is 0 Å². The Bertz CT molecular complexity index is 1030. The lowest BCUT2D eigenvalue weighted by Gasteiger charge is -2.38. The van der Waals surface area contributed by atoms with Gasteiger partial charge >= 0.3 is 45.2 Å². The predicted molar refractivity (Wildman–Crippen MR) is 104 cm³/mol. The van der Waals surface area contributed by atoms with Gasteiger partial charge in [0.2, 0.25) is 0 Å². The SMILES string of the molecule is Cc1cc(OS(=O)(=O)C(F)(F)C(F)(F)C(F)(F)C(F)(F)C(F)(F)C(F)(F)F)ccc1C(C)(C)N.I. The summed E-state index contributed by atoms with van der Waals surface area (Å²) in [6, 6.07) is 2.04. The van der Waals surface area contributed by atoms with Crippen LogP contribution in [0.4, 0.5) is 57.1 Å². The zero-order valence-electron chi connectivity index (χ0n) is 17.3. The minimum atomic E-state index is -8.26. The van der Waals surface area contributed by atoms with Crippen molar-refractivity contribution in [3.8, 4) is 5.75 Å². The second-order valence-corrected chi connectivity index (χ2v) is 9.14. The first kappa shape index (κ1) is 33.8. The third-order valence-corrected chi connectivity index (χ3v) is 5.61. The lowest BCUT2D eigenvalue weighted by atomic mass is 9.91. The van der Waals surface area contributed by atoms with Gasteiger partial charge in [-0.3, -0.25) is 0 Å². The highest BCUT2D eigenvalue weighted by atomic mass is 127. The van der Waals surface area contributed by atoms with E-state index in [0.717, 1.165) is 6.07 Å². The van der Waals surface area contributed by atoms with E-state index in [9.17, 15) is 65.5 Å². The molecule has 0 aliphatic rings. The van der Waals surface area contributed by atoms with E-state index in [-0.39, 0.29) is 35.1 Å². The summed E-state index contributed by atoms with van der Waals surface area (Å²) in [4.78, 5) is 0. The van der Waals surface area contributed by atoms with Gasteiger partial charge < -0.3 is 9.92 Å². The number of benzene rings is 1. The predicted octanol–water partition coefficient (Wildman–Crippen LogP) is 6.21. The Balaban J connectivity index is 0.0000116. The van der Waals surface area contributed by atoms with Crippen molar-refractivity contribution in [2.75, 3.05) is 0 Å². The molecule has 0 aliphatic carbocycles. The normalized spacial score (nSPS) is 15.0. The maximum atomic E-state index is 13.9. The lowest BCUT2D eigenvalue weighted by molar-refractivity contribution is -0.433. The molecule has 0 amide bonds. The number of hydrogen-bond donors (Lipinski definition) is 1. The molecule has 0 bridgehead atoms. The fourth-order valence-corrected chi connectivity index (χ4v) is 3.41. The van der Waals surface area contributed by atoms with E-state index >= 15 is 0 Å². The van der Waals surface area contributed by atoms with E-state index in [4.69, 9.17) is 5.73 Å². The van der Waals surface area contributed by atoms with Gasteiger partial charge in [-0.25, -0.2) is 0 Å². The number of alkyl halides is 13. The van der Waals surface area contributed by atoms with Crippen molar-refractivity contribution in [2.45, 2.75) is 61.4 Å². The highest BCUT2D eigenvalue weighted by molar-refractivity contribution is 14.0. The molecule has 0 saturated carbocycles.